The van der Waals surface area contributed by atoms with Crippen LogP contribution in [0.25, 0.3) is 0 Å². The van der Waals surface area contributed by atoms with E-state index in [2.05, 4.69) is 9.55 Å². The van der Waals surface area contributed by atoms with Crippen LogP contribution in [0, 0.1) is 6.92 Å². The molecule has 1 unspecified atom stereocenters. The van der Waals surface area contributed by atoms with E-state index in [9.17, 15) is 5.11 Å². The number of rotatable bonds is 0. The standard InChI is InChI=1S/C9H14N2O/c1-6-10-8-4-3-7(12)5-9(8)11(6)2/h7,12H,3-5H2,1-2H3. The van der Waals surface area contributed by atoms with Crippen LogP contribution < -0.4 is 0 Å². The SMILES string of the molecule is Cc1nc2c(n1C)CC(O)CC2. The number of aryl methyl sites for hydroxylation is 2. The zero-order valence-electron chi connectivity index (χ0n) is 7.54. The molecule has 0 amide bonds. The highest BCUT2D eigenvalue weighted by atomic mass is 16.3. The Morgan fingerprint density at radius 2 is 2.33 bits per heavy atom. The van der Waals surface area contributed by atoms with E-state index in [0.29, 0.717) is 0 Å². The van der Waals surface area contributed by atoms with Crippen LogP contribution in [0.4, 0.5) is 0 Å². The van der Waals surface area contributed by atoms with Crippen LogP contribution in [0.3, 0.4) is 0 Å². The molecule has 3 nitrogen and oxygen atoms in total. The highest BCUT2D eigenvalue weighted by Gasteiger charge is 2.21. The number of imidazole rings is 1. The van der Waals surface area contributed by atoms with E-state index in [1.54, 1.807) is 0 Å². The van der Waals surface area contributed by atoms with Crippen molar-refractivity contribution in [3.05, 3.63) is 17.2 Å². The van der Waals surface area contributed by atoms with Crippen molar-refractivity contribution >= 4 is 0 Å². The molecule has 0 aromatic carbocycles. The molecule has 0 aliphatic heterocycles. The first-order valence-corrected chi connectivity index (χ1v) is 4.37. The van der Waals surface area contributed by atoms with Gasteiger partial charge in [-0.25, -0.2) is 4.98 Å². The molecule has 0 radical (unpaired) electrons. The van der Waals surface area contributed by atoms with E-state index in [1.807, 2.05) is 14.0 Å². The van der Waals surface area contributed by atoms with Crippen LogP contribution >= 0.6 is 0 Å². The van der Waals surface area contributed by atoms with E-state index >= 15 is 0 Å². The minimum atomic E-state index is -0.160. The fourth-order valence-corrected chi connectivity index (χ4v) is 1.81. The maximum absolute atomic E-state index is 9.45. The molecule has 12 heavy (non-hydrogen) atoms. The Balaban J connectivity index is 2.44. The minimum absolute atomic E-state index is 0.160. The average Bonchev–Trinajstić information content (AvgIpc) is 2.31. The van der Waals surface area contributed by atoms with Gasteiger partial charge in [-0.15, -0.1) is 0 Å². The van der Waals surface area contributed by atoms with Gasteiger partial charge in [-0.05, 0) is 19.8 Å². The van der Waals surface area contributed by atoms with Gasteiger partial charge in [-0.3, -0.25) is 0 Å². The van der Waals surface area contributed by atoms with Crippen molar-refractivity contribution in [2.24, 2.45) is 7.05 Å². The third kappa shape index (κ3) is 1.05. The van der Waals surface area contributed by atoms with Gasteiger partial charge in [0.25, 0.3) is 0 Å². The predicted molar refractivity (Wildman–Crippen MR) is 46.0 cm³/mol. The molecule has 0 spiro atoms. The second kappa shape index (κ2) is 2.59. The summed E-state index contributed by atoms with van der Waals surface area (Å²) in [5.74, 6) is 1.05. The van der Waals surface area contributed by atoms with Crippen molar-refractivity contribution in [1.82, 2.24) is 9.55 Å². The number of aliphatic hydroxyl groups is 1. The Bertz CT molecular complexity index is 304. The molecule has 0 saturated carbocycles. The summed E-state index contributed by atoms with van der Waals surface area (Å²) >= 11 is 0. The molecule has 0 bridgehead atoms. The summed E-state index contributed by atoms with van der Waals surface area (Å²) < 4.78 is 2.08. The summed E-state index contributed by atoms with van der Waals surface area (Å²) in [4.78, 5) is 4.44. The van der Waals surface area contributed by atoms with Crippen LogP contribution in [0.5, 0.6) is 0 Å². The fraction of sp³-hybridized carbons (Fsp3) is 0.667. The first kappa shape index (κ1) is 7.80. The third-order valence-electron chi connectivity index (χ3n) is 2.66. The zero-order chi connectivity index (χ0) is 8.72. The molecule has 0 saturated heterocycles. The second-order valence-corrected chi connectivity index (χ2v) is 3.51. The van der Waals surface area contributed by atoms with Gasteiger partial charge >= 0.3 is 0 Å². The molecule has 1 atom stereocenters. The van der Waals surface area contributed by atoms with E-state index in [1.165, 1.54) is 11.4 Å². The first-order valence-electron chi connectivity index (χ1n) is 4.37. The largest absolute Gasteiger partial charge is 0.393 e. The van der Waals surface area contributed by atoms with Crippen molar-refractivity contribution in [2.45, 2.75) is 32.3 Å². The van der Waals surface area contributed by atoms with Crippen molar-refractivity contribution < 1.29 is 5.11 Å². The lowest BCUT2D eigenvalue weighted by Crippen LogP contribution is -2.20. The molecule has 1 aromatic heterocycles. The molecule has 1 heterocycles. The minimum Gasteiger partial charge on any atom is -0.393 e. The molecule has 1 aromatic rings. The van der Waals surface area contributed by atoms with Gasteiger partial charge < -0.3 is 9.67 Å². The van der Waals surface area contributed by atoms with Gasteiger partial charge in [0.1, 0.15) is 5.82 Å². The molecule has 66 valence electrons. The Morgan fingerprint density at radius 3 is 3.08 bits per heavy atom. The quantitative estimate of drug-likeness (QED) is 0.612. The van der Waals surface area contributed by atoms with E-state index in [-0.39, 0.29) is 6.10 Å². The number of aliphatic hydroxyl groups excluding tert-OH is 1. The topological polar surface area (TPSA) is 38.0 Å². The van der Waals surface area contributed by atoms with Crippen LogP contribution in [0.1, 0.15) is 23.6 Å². The molecule has 1 aliphatic rings. The van der Waals surface area contributed by atoms with Crippen molar-refractivity contribution in [3.8, 4) is 0 Å². The lowest BCUT2D eigenvalue weighted by molar-refractivity contribution is 0.155. The molecule has 1 aliphatic carbocycles. The summed E-state index contributed by atoms with van der Waals surface area (Å²) in [6, 6.07) is 0. The maximum atomic E-state index is 9.45. The van der Waals surface area contributed by atoms with Gasteiger partial charge in [0.15, 0.2) is 0 Å². The number of hydrogen-bond donors (Lipinski definition) is 1. The number of aromatic nitrogens is 2. The van der Waals surface area contributed by atoms with E-state index in [4.69, 9.17) is 0 Å². The first-order chi connectivity index (χ1) is 5.68. The van der Waals surface area contributed by atoms with Crippen LogP contribution in [-0.4, -0.2) is 20.8 Å². The van der Waals surface area contributed by atoms with Gasteiger partial charge in [0.2, 0.25) is 0 Å². The zero-order valence-corrected chi connectivity index (χ0v) is 7.54. The number of fused-ring (bicyclic) bond motifs is 1. The fourth-order valence-electron chi connectivity index (χ4n) is 1.81. The Morgan fingerprint density at radius 1 is 1.58 bits per heavy atom. The number of hydrogen-bond acceptors (Lipinski definition) is 2. The molecule has 3 heteroatoms. The van der Waals surface area contributed by atoms with E-state index in [0.717, 1.165) is 25.1 Å². The van der Waals surface area contributed by atoms with Crippen LogP contribution in [0.2, 0.25) is 0 Å². The maximum Gasteiger partial charge on any atom is 0.105 e. The Labute approximate surface area is 72.0 Å². The molecule has 1 N–H and O–H groups in total. The van der Waals surface area contributed by atoms with Crippen molar-refractivity contribution in [2.75, 3.05) is 0 Å². The summed E-state index contributed by atoms with van der Waals surface area (Å²) in [6.45, 7) is 2.00. The second-order valence-electron chi connectivity index (χ2n) is 3.51. The Kier molecular flexibility index (Phi) is 1.68. The Hall–Kier alpha value is -0.830. The average molecular weight is 166 g/mol. The van der Waals surface area contributed by atoms with E-state index < -0.39 is 0 Å². The summed E-state index contributed by atoms with van der Waals surface area (Å²) in [5.41, 5.74) is 2.39. The van der Waals surface area contributed by atoms with Gasteiger partial charge in [0.05, 0.1) is 11.8 Å². The normalized spacial score (nSPS) is 22.4. The summed E-state index contributed by atoms with van der Waals surface area (Å²) in [6.07, 6.45) is 2.40. The molecular formula is C9H14N2O. The highest BCUT2D eigenvalue weighted by Crippen LogP contribution is 2.20. The van der Waals surface area contributed by atoms with Crippen molar-refractivity contribution in [1.29, 1.82) is 0 Å². The highest BCUT2D eigenvalue weighted by molar-refractivity contribution is 5.20. The lowest BCUT2D eigenvalue weighted by Gasteiger charge is -2.17. The summed E-state index contributed by atoms with van der Waals surface area (Å²) in [7, 11) is 2.01. The van der Waals surface area contributed by atoms with Gasteiger partial charge in [-0.2, -0.15) is 0 Å². The van der Waals surface area contributed by atoms with Crippen LogP contribution in [0.15, 0.2) is 0 Å². The number of nitrogens with zero attached hydrogens (tertiary/aromatic N) is 2. The van der Waals surface area contributed by atoms with Crippen molar-refractivity contribution in [3.63, 3.8) is 0 Å². The molecular weight excluding hydrogens is 152 g/mol. The molecule has 2 rings (SSSR count). The third-order valence-corrected chi connectivity index (χ3v) is 2.66. The van der Waals surface area contributed by atoms with Gasteiger partial charge in [0, 0.05) is 19.2 Å². The lowest BCUT2D eigenvalue weighted by atomic mass is 9.98. The smallest absolute Gasteiger partial charge is 0.105 e. The predicted octanol–water partition coefficient (Wildman–Crippen LogP) is 0.578. The molecule has 0 fully saturated rings. The monoisotopic (exact) mass is 166 g/mol. The van der Waals surface area contributed by atoms with Gasteiger partial charge in [-0.1, -0.05) is 0 Å². The summed E-state index contributed by atoms with van der Waals surface area (Å²) in [5, 5.41) is 9.45. The van der Waals surface area contributed by atoms with Crippen LogP contribution in [-0.2, 0) is 19.9 Å².